The highest BCUT2D eigenvalue weighted by molar-refractivity contribution is 7.87. The second kappa shape index (κ2) is 5.06. The van der Waals surface area contributed by atoms with Gasteiger partial charge in [-0.05, 0) is 32.6 Å². The van der Waals surface area contributed by atoms with E-state index in [9.17, 15) is 8.42 Å². The van der Waals surface area contributed by atoms with Gasteiger partial charge < -0.3 is 5.11 Å². The lowest BCUT2D eigenvalue weighted by molar-refractivity contribution is 0.279. The Morgan fingerprint density at radius 2 is 2.14 bits per heavy atom. The summed E-state index contributed by atoms with van der Waals surface area (Å²) in [7, 11) is -3.33. The van der Waals surface area contributed by atoms with Gasteiger partial charge in [0.25, 0.3) is 10.2 Å². The van der Waals surface area contributed by atoms with Crippen molar-refractivity contribution < 1.29 is 13.5 Å². The third-order valence-corrected chi connectivity index (χ3v) is 3.41. The molecule has 1 fully saturated rings. The number of hydrogen-bond acceptors (Lipinski definition) is 3. The summed E-state index contributed by atoms with van der Waals surface area (Å²) >= 11 is 0. The second-order valence-electron chi connectivity index (χ2n) is 3.78. The highest BCUT2D eigenvalue weighted by Crippen LogP contribution is 2.19. The van der Waals surface area contributed by atoms with Crippen LogP contribution in [0, 0.1) is 0 Å². The molecule has 84 valence electrons. The van der Waals surface area contributed by atoms with Crippen LogP contribution in [-0.2, 0) is 10.2 Å². The van der Waals surface area contributed by atoms with Crippen LogP contribution in [-0.4, -0.2) is 32.2 Å². The molecule has 0 amide bonds. The van der Waals surface area contributed by atoms with Gasteiger partial charge in [0.05, 0.1) is 0 Å². The topological polar surface area (TPSA) is 78.4 Å². The molecule has 0 radical (unpaired) electrons. The average Bonchev–Trinajstić information content (AvgIpc) is 2.82. The van der Waals surface area contributed by atoms with E-state index in [2.05, 4.69) is 9.44 Å². The Balaban J connectivity index is 2.25. The van der Waals surface area contributed by atoms with E-state index < -0.39 is 10.2 Å². The molecule has 5 nitrogen and oxygen atoms in total. The fourth-order valence-electron chi connectivity index (χ4n) is 1.18. The van der Waals surface area contributed by atoms with Gasteiger partial charge in [0.1, 0.15) is 0 Å². The molecule has 0 aromatic rings. The Morgan fingerprint density at radius 3 is 2.64 bits per heavy atom. The van der Waals surface area contributed by atoms with Crippen molar-refractivity contribution in [2.45, 2.75) is 44.7 Å². The van der Waals surface area contributed by atoms with Crippen molar-refractivity contribution in [3.8, 4) is 0 Å². The lowest BCUT2D eigenvalue weighted by Crippen LogP contribution is -2.42. The van der Waals surface area contributed by atoms with Gasteiger partial charge in [-0.2, -0.15) is 17.9 Å². The minimum absolute atomic E-state index is 0.0993. The molecule has 1 atom stereocenters. The quantitative estimate of drug-likeness (QED) is 0.555. The van der Waals surface area contributed by atoms with Gasteiger partial charge in [-0.15, -0.1) is 0 Å². The molecule has 0 aromatic heterocycles. The summed E-state index contributed by atoms with van der Waals surface area (Å²) in [6, 6.07) is 0.0101. The molecule has 0 bridgehead atoms. The molecule has 6 heteroatoms. The molecule has 0 aliphatic heterocycles. The predicted octanol–water partition coefficient (Wildman–Crippen LogP) is -0.266. The maximum absolute atomic E-state index is 11.4. The van der Waals surface area contributed by atoms with Crippen molar-refractivity contribution in [1.29, 1.82) is 0 Å². The summed E-state index contributed by atoms with van der Waals surface area (Å²) < 4.78 is 27.8. The fraction of sp³-hybridized carbons (Fsp3) is 1.00. The fourth-order valence-corrected chi connectivity index (χ4v) is 2.57. The SMILES string of the molecule is CC(CCCO)NS(=O)(=O)NC1CC1. The van der Waals surface area contributed by atoms with Crippen LogP contribution in [0.15, 0.2) is 0 Å². The highest BCUT2D eigenvalue weighted by atomic mass is 32.2. The Bertz CT molecular complexity index is 262. The highest BCUT2D eigenvalue weighted by Gasteiger charge is 2.27. The Labute approximate surface area is 85.1 Å². The van der Waals surface area contributed by atoms with Crippen LogP contribution in [0.4, 0.5) is 0 Å². The number of nitrogens with one attached hydrogen (secondary N) is 2. The van der Waals surface area contributed by atoms with Gasteiger partial charge in [-0.1, -0.05) is 0 Å². The first kappa shape index (κ1) is 11.9. The minimum atomic E-state index is -3.33. The lowest BCUT2D eigenvalue weighted by atomic mass is 10.2. The van der Waals surface area contributed by atoms with Gasteiger partial charge in [-0.3, -0.25) is 0 Å². The monoisotopic (exact) mass is 222 g/mol. The van der Waals surface area contributed by atoms with Crippen molar-refractivity contribution in [1.82, 2.24) is 9.44 Å². The van der Waals surface area contributed by atoms with E-state index in [1.165, 1.54) is 0 Å². The zero-order valence-electron chi connectivity index (χ0n) is 8.36. The van der Waals surface area contributed by atoms with Gasteiger partial charge in [0, 0.05) is 18.7 Å². The van der Waals surface area contributed by atoms with Gasteiger partial charge in [0.2, 0.25) is 0 Å². The summed E-state index contributed by atoms with van der Waals surface area (Å²) in [5.41, 5.74) is 0. The number of rotatable bonds is 7. The van der Waals surface area contributed by atoms with Gasteiger partial charge >= 0.3 is 0 Å². The number of aliphatic hydroxyl groups is 1. The van der Waals surface area contributed by atoms with E-state index in [-0.39, 0.29) is 18.7 Å². The molecule has 0 heterocycles. The van der Waals surface area contributed by atoms with Crippen LogP contribution >= 0.6 is 0 Å². The smallest absolute Gasteiger partial charge is 0.277 e. The van der Waals surface area contributed by atoms with E-state index in [0.717, 1.165) is 12.8 Å². The Hall–Kier alpha value is -0.170. The van der Waals surface area contributed by atoms with Crippen LogP contribution < -0.4 is 9.44 Å². The van der Waals surface area contributed by atoms with E-state index in [1.54, 1.807) is 6.92 Å². The first-order valence-electron chi connectivity index (χ1n) is 4.94. The summed E-state index contributed by atoms with van der Waals surface area (Å²) in [4.78, 5) is 0. The van der Waals surface area contributed by atoms with E-state index in [4.69, 9.17) is 5.11 Å². The molecular formula is C8H18N2O3S. The summed E-state index contributed by atoms with van der Waals surface area (Å²) in [6.45, 7) is 1.89. The van der Waals surface area contributed by atoms with Crippen molar-refractivity contribution in [2.75, 3.05) is 6.61 Å². The average molecular weight is 222 g/mol. The van der Waals surface area contributed by atoms with E-state index in [0.29, 0.717) is 12.8 Å². The van der Waals surface area contributed by atoms with Crippen LogP contribution in [0.3, 0.4) is 0 Å². The third kappa shape index (κ3) is 4.90. The molecule has 3 N–H and O–H groups in total. The summed E-state index contributed by atoms with van der Waals surface area (Å²) in [5.74, 6) is 0. The number of aliphatic hydroxyl groups excluding tert-OH is 1. The van der Waals surface area contributed by atoms with Crippen molar-refractivity contribution in [3.63, 3.8) is 0 Å². The van der Waals surface area contributed by atoms with E-state index in [1.807, 2.05) is 0 Å². The Morgan fingerprint density at radius 1 is 1.50 bits per heavy atom. The zero-order chi connectivity index (χ0) is 10.6. The standard InChI is InChI=1S/C8H18N2O3S/c1-7(3-2-6-11)9-14(12,13)10-8-4-5-8/h7-11H,2-6H2,1H3. The molecule has 1 saturated carbocycles. The van der Waals surface area contributed by atoms with Crippen LogP contribution in [0.25, 0.3) is 0 Å². The number of hydrogen-bond donors (Lipinski definition) is 3. The van der Waals surface area contributed by atoms with Gasteiger partial charge in [-0.25, -0.2) is 0 Å². The molecular weight excluding hydrogens is 204 g/mol. The van der Waals surface area contributed by atoms with Gasteiger partial charge in [0.15, 0.2) is 0 Å². The Kier molecular flexibility index (Phi) is 4.31. The third-order valence-electron chi connectivity index (χ3n) is 2.05. The van der Waals surface area contributed by atoms with Crippen molar-refractivity contribution in [3.05, 3.63) is 0 Å². The molecule has 0 aromatic carbocycles. The molecule has 1 aliphatic carbocycles. The van der Waals surface area contributed by atoms with Crippen LogP contribution in [0.2, 0.25) is 0 Å². The maximum Gasteiger partial charge on any atom is 0.277 e. The lowest BCUT2D eigenvalue weighted by Gasteiger charge is -2.13. The first-order chi connectivity index (χ1) is 6.53. The first-order valence-corrected chi connectivity index (χ1v) is 6.42. The van der Waals surface area contributed by atoms with Crippen molar-refractivity contribution >= 4 is 10.2 Å². The van der Waals surface area contributed by atoms with Crippen LogP contribution in [0.1, 0.15) is 32.6 Å². The van der Waals surface area contributed by atoms with Crippen LogP contribution in [0.5, 0.6) is 0 Å². The normalized spacial score (nSPS) is 19.6. The summed E-state index contributed by atoms with van der Waals surface area (Å²) in [5, 5.41) is 8.58. The molecule has 0 saturated heterocycles. The second-order valence-corrected chi connectivity index (χ2v) is 5.26. The molecule has 1 rings (SSSR count). The molecule has 14 heavy (non-hydrogen) atoms. The molecule has 1 unspecified atom stereocenters. The predicted molar refractivity (Wildman–Crippen MR) is 54.0 cm³/mol. The largest absolute Gasteiger partial charge is 0.396 e. The van der Waals surface area contributed by atoms with Crippen molar-refractivity contribution in [2.24, 2.45) is 0 Å². The molecule has 1 aliphatic rings. The van der Waals surface area contributed by atoms with E-state index >= 15 is 0 Å². The maximum atomic E-state index is 11.4. The molecule has 0 spiro atoms. The summed E-state index contributed by atoms with van der Waals surface area (Å²) in [6.07, 6.45) is 3.15. The minimum Gasteiger partial charge on any atom is -0.396 e. The zero-order valence-corrected chi connectivity index (χ0v) is 9.18.